The van der Waals surface area contributed by atoms with Crippen LogP contribution in [0.3, 0.4) is 0 Å². The van der Waals surface area contributed by atoms with Gasteiger partial charge in [0.15, 0.2) is 0 Å². The first kappa shape index (κ1) is 20.0. The van der Waals surface area contributed by atoms with Crippen molar-refractivity contribution in [1.82, 2.24) is 10.2 Å². The largest absolute Gasteiger partial charge is 0.489 e. The molecule has 1 amide bonds. The van der Waals surface area contributed by atoms with E-state index in [9.17, 15) is 4.79 Å². The molecule has 2 aliphatic heterocycles. The van der Waals surface area contributed by atoms with Gasteiger partial charge in [-0.3, -0.25) is 4.79 Å². The minimum atomic E-state index is -0.0375. The third-order valence-corrected chi connectivity index (χ3v) is 6.55. The van der Waals surface area contributed by atoms with E-state index in [4.69, 9.17) is 21.1 Å². The van der Waals surface area contributed by atoms with Gasteiger partial charge < -0.3 is 19.7 Å². The zero-order valence-corrected chi connectivity index (χ0v) is 17.3. The number of piperidine rings is 1. The van der Waals surface area contributed by atoms with E-state index in [0.29, 0.717) is 28.3 Å². The van der Waals surface area contributed by atoms with Gasteiger partial charge in [-0.1, -0.05) is 24.4 Å². The Morgan fingerprint density at radius 1 is 1.18 bits per heavy atom. The lowest BCUT2D eigenvalue weighted by molar-refractivity contribution is 0.0880. The summed E-state index contributed by atoms with van der Waals surface area (Å²) in [6, 6.07) is 5.70. The van der Waals surface area contributed by atoms with Crippen molar-refractivity contribution in [2.24, 2.45) is 5.92 Å². The topological polar surface area (TPSA) is 50.8 Å². The van der Waals surface area contributed by atoms with Crippen molar-refractivity contribution in [1.29, 1.82) is 0 Å². The smallest absolute Gasteiger partial charge is 0.251 e. The third-order valence-electron chi connectivity index (χ3n) is 6.25. The molecule has 5 nitrogen and oxygen atoms in total. The summed E-state index contributed by atoms with van der Waals surface area (Å²) in [5.74, 6) is 1.33. The van der Waals surface area contributed by atoms with E-state index in [1.54, 1.807) is 6.07 Å². The summed E-state index contributed by atoms with van der Waals surface area (Å²) < 4.78 is 11.6. The van der Waals surface area contributed by atoms with E-state index in [1.807, 2.05) is 12.1 Å². The molecule has 0 bridgehead atoms. The molecular weight excluding hydrogens is 376 g/mol. The lowest BCUT2D eigenvalue weighted by atomic mass is 10.0. The number of likely N-dealkylation sites (tertiary alicyclic amines) is 1. The fraction of sp³-hybridized carbons (Fsp3) is 0.682. The number of halogens is 1. The van der Waals surface area contributed by atoms with E-state index >= 15 is 0 Å². The van der Waals surface area contributed by atoms with Gasteiger partial charge in [0.25, 0.3) is 5.91 Å². The fourth-order valence-corrected chi connectivity index (χ4v) is 4.78. The Kier molecular flexibility index (Phi) is 6.76. The number of amides is 1. The number of hydrogen-bond acceptors (Lipinski definition) is 4. The van der Waals surface area contributed by atoms with Crippen LogP contribution >= 0.6 is 11.6 Å². The van der Waals surface area contributed by atoms with Crippen LogP contribution < -0.4 is 10.1 Å². The Morgan fingerprint density at radius 2 is 1.96 bits per heavy atom. The molecule has 0 aromatic heterocycles. The lowest BCUT2D eigenvalue weighted by Crippen LogP contribution is -2.40. The molecule has 1 saturated carbocycles. The average Bonchev–Trinajstić information content (AvgIpc) is 3.39. The normalized spacial score (nSPS) is 24.5. The Hall–Kier alpha value is -1.30. The number of carbonyl (C=O) groups is 1. The number of benzene rings is 1. The molecule has 0 unspecified atom stereocenters. The molecule has 0 radical (unpaired) electrons. The van der Waals surface area contributed by atoms with Crippen molar-refractivity contribution < 1.29 is 14.3 Å². The Morgan fingerprint density at radius 3 is 2.64 bits per heavy atom. The van der Waals surface area contributed by atoms with E-state index in [1.165, 1.54) is 19.3 Å². The van der Waals surface area contributed by atoms with E-state index in [2.05, 4.69) is 10.2 Å². The second-order valence-corrected chi connectivity index (χ2v) is 8.85. The zero-order chi connectivity index (χ0) is 19.3. The molecule has 2 heterocycles. The Bertz CT molecular complexity index is 664. The van der Waals surface area contributed by atoms with Crippen LogP contribution in [0, 0.1) is 5.92 Å². The van der Waals surface area contributed by atoms with Crippen molar-refractivity contribution in [2.75, 3.05) is 32.8 Å². The number of carbonyl (C=O) groups excluding carboxylic acids is 1. The predicted octanol–water partition coefficient (Wildman–Crippen LogP) is 3.89. The second kappa shape index (κ2) is 9.47. The van der Waals surface area contributed by atoms with E-state index in [0.717, 1.165) is 58.5 Å². The maximum absolute atomic E-state index is 12.4. The van der Waals surface area contributed by atoms with Crippen LogP contribution in [0.4, 0.5) is 0 Å². The molecule has 1 aliphatic carbocycles. The first-order valence-corrected chi connectivity index (χ1v) is 11.1. The lowest BCUT2D eigenvalue weighted by Gasteiger charge is -2.33. The number of nitrogens with one attached hydrogen (secondary N) is 1. The van der Waals surface area contributed by atoms with Crippen LogP contribution in [0.15, 0.2) is 18.2 Å². The highest BCUT2D eigenvalue weighted by molar-refractivity contribution is 6.32. The Labute approximate surface area is 172 Å². The average molecular weight is 407 g/mol. The molecule has 6 heteroatoms. The van der Waals surface area contributed by atoms with Crippen LogP contribution in [0.2, 0.25) is 5.02 Å². The molecule has 0 spiro atoms. The minimum Gasteiger partial charge on any atom is -0.489 e. The van der Waals surface area contributed by atoms with Crippen molar-refractivity contribution in [3.8, 4) is 5.75 Å². The summed E-state index contributed by atoms with van der Waals surface area (Å²) >= 11 is 6.42. The molecule has 2 saturated heterocycles. The van der Waals surface area contributed by atoms with Gasteiger partial charge in [0.1, 0.15) is 11.9 Å². The highest BCUT2D eigenvalue weighted by Crippen LogP contribution is 2.29. The van der Waals surface area contributed by atoms with E-state index < -0.39 is 0 Å². The first-order valence-electron chi connectivity index (χ1n) is 10.7. The van der Waals surface area contributed by atoms with Gasteiger partial charge in [-0.2, -0.15) is 0 Å². The summed E-state index contributed by atoms with van der Waals surface area (Å²) in [6.07, 6.45) is 7.94. The highest BCUT2D eigenvalue weighted by atomic mass is 35.5. The first-order chi connectivity index (χ1) is 13.7. The van der Waals surface area contributed by atoms with Crippen molar-refractivity contribution in [2.45, 2.75) is 57.1 Å². The van der Waals surface area contributed by atoms with Gasteiger partial charge in [0.2, 0.25) is 0 Å². The second-order valence-electron chi connectivity index (χ2n) is 8.45. The standard InChI is InChI=1S/C22H31ClN2O3/c23-20-13-17(22(26)24-18-3-1-2-4-18)5-6-21(20)28-19-7-10-25(11-8-19)14-16-9-12-27-15-16/h5-6,13,16,18-19H,1-4,7-12,14-15H2,(H,24,26)/t16-/m1/s1. The van der Waals surface area contributed by atoms with E-state index in [-0.39, 0.29) is 12.0 Å². The fourth-order valence-electron chi connectivity index (χ4n) is 4.56. The van der Waals surface area contributed by atoms with Gasteiger partial charge in [-0.25, -0.2) is 0 Å². The maximum Gasteiger partial charge on any atom is 0.251 e. The molecule has 1 aromatic carbocycles. The number of ether oxygens (including phenoxy) is 2. The quantitative estimate of drug-likeness (QED) is 0.778. The summed E-state index contributed by atoms with van der Waals surface area (Å²) in [7, 11) is 0. The van der Waals surface area contributed by atoms with Gasteiger partial charge >= 0.3 is 0 Å². The molecule has 1 aromatic rings. The molecule has 1 N–H and O–H groups in total. The molecule has 3 fully saturated rings. The van der Waals surface area contributed by atoms with Gasteiger partial charge in [-0.15, -0.1) is 0 Å². The summed E-state index contributed by atoms with van der Waals surface area (Å²) in [6.45, 7) is 5.07. The SMILES string of the molecule is O=C(NC1CCCC1)c1ccc(OC2CCN(C[C@H]3CCOC3)CC2)c(Cl)c1. The number of nitrogens with zero attached hydrogens (tertiary/aromatic N) is 1. The third kappa shape index (κ3) is 5.19. The molecule has 28 heavy (non-hydrogen) atoms. The molecule has 4 rings (SSSR count). The van der Waals surface area contributed by atoms with Gasteiger partial charge in [0.05, 0.1) is 11.6 Å². The maximum atomic E-state index is 12.4. The van der Waals surface area contributed by atoms with Crippen LogP contribution in [0.1, 0.15) is 55.3 Å². The molecular formula is C22H31ClN2O3. The molecule has 3 aliphatic rings. The summed E-state index contributed by atoms with van der Waals surface area (Å²) in [5.41, 5.74) is 0.609. The highest BCUT2D eigenvalue weighted by Gasteiger charge is 2.25. The Balaban J connectivity index is 1.26. The van der Waals surface area contributed by atoms with Crippen LogP contribution in [0.25, 0.3) is 0 Å². The predicted molar refractivity (Wildman–Crippen MR) is 110 cm³/mol. The summed E-state index contributed by atoms with van der Waals surface area (Å²) in [4.78, 5) is 14.9. The van der Waals surface area contributed by atoms with Crippen molar-refractivity contribution in [3.05, 3.63) is 28.8 Å². The zero-order valence-electron chi connectivity index (χ0n) is 16.5. The molecule has 154 valence electrons. The van der Waals surface area contributed by atoms with Crippen LogP contribution in [-0.4, -0.2) is 55.8 Å². The minimum absolute atomic E-state index is 0.0375. The van der Waals surface area contributed by atoms with Crippen LogP contribution in [-0.2, 0) is 4.74 Å². The van der Waals surface area contributed by atoms with Crippen molar-refractivity contribution in [3.63, 3.8) is 0 Å². The monoisotopic (exact) mass is 406 g/mol. The number of rotatable bonds is 6. The summed E-state index contributed by atoms with van der Waals surface area (Å²) in [5, 5.41) is 3.62. The van der Waals surface area contributed by atoms with Crippen molar-refractivity contribution >= 4 is 17.5 Å². The van der Waals surface area contributed by atoms with Gasteiger partial charge in [0, 0.05) is 37.8 Å². The molecule has 1 atom stereocenters. The van der Waals surface area contributed by atoms with Crippen LogP contribution in [0.5, 0.6) is 5.75 Å². The number of hydrogen-bond donors (Lipinski definition) is 1. The van der Waals surface area contributed by atoms with Gasteiger partial charge in [-0.05, 0) is 56.2 Å².